The first-order valence-corrected chi connectivity index (χ1v) is 32.5. The topological polar surface area (TPSA) is 184 Å². The van der Waals surface area contributed by atoms with Crippen LogP contribution in [0.5, 0.6) is 0 Å². The smallest absolute Gasteiger partial charge is 0.457 e. The van der Waals surface area contributed by atoms with E-state index in [0.29, 0.717) is 25.7 Å². The molecule has 86 heavy (non-hydrogen) atoms. The fourth-order valence-electron chi connectivity index (χ4n) is 9.31. The van der Waals surface area contributed by atoms with Gasteiger partial charge in [-0.3, -0.25) is 19.2 Å². The van der Waals surface area contributed by atoms with Gasteiger partial charge in [0.05, 0.1) is 33.2 Å². The molecule has 0 N–H and O–H groups in total. The van der Waals surface area contributed by atoms with Gasteiger partial charge in [-0.2, -0.15) is 0 Å². The highest BCUT2D eigenvalue weighted by atomic mass is 35.6. The quantitative estimate of drug-likeness (QED) is 0.0378. The predicted molar refractivity (Wildman–Crippen MR) is 351 cm³/mol. The van der Waals surface area contributed by atoms with Gasteiger partial charge in [0.25, 0.3) is 0 Å². The Hall–Kier alpha value is -4.00. The van der Waals surface area contributed by atoms with Crippen molar-refractivity contribution in [3.05, 3.63) is 104 Å². The lowest BCUT2D eigenvalue weighted by molar-refractivity contribution is -0.152. The third-order valence-electron chi connectivity index (χ3n) is 15.4. The first kappa shape index (κ1) is 78.1. The Balaban J connectivity index is 0.000000587. The Morgan fingerprint density at radius 2 is 1.38 bits per heavy atom. The highest BCUT2D eigenvalue weighted by molar-refractivity contribution is 7.09. The van der Waals surface area contributed by atoms with Crippen LogP contribution in [0.2, 0.25) is 0 Å². The molecule has 480 valence electrons. The molecule has 0 unspecified atom stereocenters. The predicted octanol–water partition coefficient (Wildman–Crippen LogP) is 18.5. The molecule has 0 fully saturated rings. The summed E-state index contributed by atoms with van der Waals surface area (Å²) >= 11 is 37.3. The highest BCUT2D eigenvalue weighted by Gasteiger charge is 2.45. The summed E-state index contributed by atoms with van der Waals surface area (Å²) in [7, 11) is 0. The number of aryl methyl sites for hydroxylation is 2. The minimum atomic E-state index is -1.80. The summed E-state index contributed by atoms with van der Waals surface area (Å²) < 4.78 is 29.5. The standard InChI is InChI=1S/C33H46Cl3NO6S.C31H42Cl3NO6S/c1-11-13-21(4)29(43-31(40)41-19-33(34,35)36)24(7)30(39)32(9,10)23(6)17-28(38)42-27(15-14-20(3)12-2)22(5)16-26-18-44-25(8)37-26;1-18-10-9-11-19(2)27(41-29(38)39-17-31(32,33)34)22(5)28(37)30(7,8)21(4)15-26(36)40-25(13-12-18)20(3)14-24-16-42-23(6)35-24/h11-12,14,16,18,21,23-24,27,29H,1-2,13,15,17,19H2,3-10H3;9-10,12,14,16,19,21-22,25,27H,11,13,15,17H2,1-8H3/b20-14-,22-16+;10-9+,18-12-,20-14+/t21-,23-,24+,27-,29-;19-,21-,22+,25-,27-/m00/s1. The van der Waals surface area contributed by atoms with Crippen LogP contribution in [0.1, 0.15) is 157 Å². The molecule has 1 aliphatic heterocycles. The van der Waals surface area contributed by atoms with Gasteiger partial charge in [-0.1, -0.05) is 193 Å². The number of ketones is 2. The number of aromatic nitrogens is 2. The van der Waals surface area contributed by atoms with Gasteiger partial charge in [0.15, 0.2) is 0 Å². The number of carbonyl (C=O) groups excluding carboxylic acids is 6. The zero-order chi connectivity index (χ0) is 65.7. The lowest BCUT2D eigenvalue weighted by atomic mass is 9.69. The van der Waals surface area contributed by atoms with E-state index in [1.54, 1.807) is 76.4 Å². The maximum absolute atomic E-state index is 13.9. The molecule has 0 aliphatic carbocycles. The number of hydrogen-bond acceptors (Lipinski definition) is 16. The fourth-order valence-corrected chi connectivity index (χ4v) is 10.8. The average molecular weight is 1350 g/mol. The van der Waals surface area contributed by atoms with E-state index in [4.69, 9.17) is 98.0 Å². The maximum Gasteiger partial charge on any atom is 0.508 e. The van der Waals surface area contributed by atoms with Crippen molar-refractivity contribution in [1.29, 1.82) is 0 Å². The number of nitrogens with zero attached hydrogens (tertiary/aromatic N) is 2. The number of hydrogen-bond donors (Lipinski definition) is 0. The van der Waals surface area contributed by atoms with Crippen molar-refractivity contribution >= 4 is 140 Å². The minimum Gasteiger partial charge on any atom is -0.457 e. The van der Waals surface area contributed by atoms with E-state index < -0.39 is 98.0 Å². The maximum atomic E-state index is 13.9. The normalized spacial score (nSPS) is 22.4. The number of thiazole rings is 2. The number of carbonyl (C=O) groups is 6. The van der Waals surface area contributed by atoms with E-state index in [0.717, 1.165) is 43.7 Å². The molecule has 0 aromatic carbocycles. The van der Waals surface area contributed by atoms with Crippen molar-refractivity contribution in [2.45, 2.75) is 181 Å². The van der Waals surface area contributed by atoms with Crippen LogP contribution in [0.3, 0.4) is 0 Å². The van der Waals surface area contributed by atoms with Gasteiger partial charge in [0.1, 0.15) is 49.2 Å². The number of allylic oxidation sites excluding steroid dienone is 6. The molecule has 0 saturated heterocycles. The molecule has 0 spiro atoms. The minimum absolute atomic E-state index is 0.00816. The van der Waals surface area contributed by atoms with Gasteiger partial charge in [-0.25, -0.2) is 19.6 Å². The first-order valence-electron chi connectivity index (χ1n) is 28.4. The summed E-state index contributed by atoms with van der Waals surface area (Å²) in [6, 6.07) is 0. The molecule has 2 aromatic rings. The van der Waals surface area contributed by atoms with Gasteiger partial charge in [-0.05, 0) is 101 Å². The van der Waals surface area contributed by atoms with Gasteiger partial charge in [0.2, 0.25) is 7.59 Å². The monoisotopic (exact) mass is 1350 g/mol. The molecule has 0 bridgehead atoms. The Labute approximate surface area is 548 Å². The van der Waals surface area contributed by atoms with Crippen LogP contribution in [0.4, 0.5) is 9.59 Å². The van der Waals surface area contributed by atoms with E-state index in [9.17, 15) is 28.8 Å². The molecular formula is C64H88Cl6N2O12S2. The van der Waals surface area contributed by atoms with E-state index >= 15 is 0 Å². The number of alkyl halides is 6. The lowest BCUT2D eigenvalue weighted by Crippen LogP contribution is -2.44. The summed E-state index contributed by atoms with van der Waals surface area (Å²) in [6.07, 6.45) is 12.5. The number of rotatable bonds is 21. The van der Waals surface area contributed by atoms with Crippen molar-refractivity contribution in [2.75, 3.05) is 13.2 Å². The molecule has 0 radical (unpaired) electrons. The van der Waals surface area contributed by atoms with Crippen LogP contribution in [-0.2, 0) is 47.6 Å². The summed E-state index contributed by atoms with van der Waals surface area (Å²) in [5, 5.41) is 5.83. The fraction of sp³-hybridized carbons (Fsp3) is 0.594. The Bertz CT molecular complexity index is 2790. The second kappa shape index (κ2) is 36.0. The average Bonchev–Trinajstić information content (AvgIpc) is 2.11. The molecule has 1 aliphatic rings. The van der Waals surface area contributed by atoms with Gasteiger partial charge < -0.3 is 28.4 Å². The molecule has 10 atom stereocenters. The largest absolute Gasteiger partial charge is 0.508 e. The number of esters is 2. The summed E-state index contributed by atoms with van der Waals surface area (Å²) in [5.41, 5.74) is 3.43. The molecule has 0 amide bonds. The van der Waals surface area contributed by atoms with Crippen molar-refractivity contribution in [2.24, 2.45) is 46.3 Å². The second-order valence-corrected chi connectivity index (χ2v) is 30.6. The molecule has 22 heteroatoms. The Morgan fingerprint density at radius 1 is 0.826 bits per heavy atom. The van der Waals surface area contributed by atoms with E-state index in [2.05, 4.69) is 23.1 Å². The molecule has 2 aromatic heterocycles. The van der Waals surface area contributed by atoms with Crippen LogP contribution in [0, 0.1) is 60.2 Å². The third-order valence-corrected chi connectivity index (χ3v) is 17.7. The van der Waals surface area contributed by atoms with Crippen LogP contribution in [0.15, 0.2) is 82.7 Å². The molecule has 3 heterocycles. The first-order chi connectivity index (χ1) is 39.7. The second-order valence-electron chi connectivity index (χ2n) is 23.4. The van der Waals surface area contributed by atoms with Crippen LogP contribution < -0.4 is 0 Å². The zero-order valence-corrected chi connectivity index (χ0v) is 58.7. The van der Waals surface area contributed by atoms with Crippen LogP contribution >= 0.6 is 92.3 Å². The highest BCUT2D eigenvalue weighted by Crippen LogP contribution is 2.39. The Morgan fingerprint density at radius 3 is 1.91 bits per heavy atom. The van der Waals surface area contributed by atoms with E-state index in [1.165, 1.54) is 0 Å². The van der Waals surface area contributed by atoms with Crippen molar-refractivity contribution in [3.8, 4) is 0 Å². The SMILES string of the molecule is C=CC[C@H](C)[C@H](OC(=O)OCC(Cl)(Cl)Cl)[C@@H](C)C(=O)C(C)(C)[C@@H](C)CC(=O)O[C@@H](C/C=C(/C)C=C)/C(C)=C/c1csc(C)n1.CC1=C/C[C@@H](/C(C)=C/c2csc(C)n2)OC(=O)C[C@H](C)C(C)(C)C(=O)[C@H](C)[C@@H](OC(=O)OCC(Cl)(Cl)Cl)[C@@H](C)C\C=C\1. The van der Waals surface area contributed by atoms with E-state index in [-0.39, 0.29) is 42.2 Å². The lowest BCUT2D eigenvalue weighted by Gasteiger charge is -2.36. The molecular weight excluding hydrogens is 1270 g/mol. The number of ether oxygens (including phenoxy) is 6. The summed E-state index contributed by atoms with van der Waals surface area (Å²) in [6.45, 7) is 36.2. The van der Waals surface area contributed by atoms with Crippen molar-refractivity contribution in [1.82, 2.24) is 9.97 Å². The van der Waals surface area contributed by atoms with E-state index in [1.807, 2.05) is 116 Å². The molecule has 14 nitrogen and oxygen atoms in total. The molecule has 3 rings (SSSR count). The van der Waals surface area contributed by atoms with Gasteiger partial charge in [-0.15, -0.1) is 29.3 Å². The van der Waals surface area contributed by atoms with Gasteiger partial charge in [0, 0.05) is 47.3 Å². The summed E-state index contributed by atoms with van der Waals surface area (Å²) in [5.74, 6) is -3.83. The van der Waals surface area contributed by atoms with Crippen molar-refractivity contribution < 1.29 is 57.2 Å². The third kappa shape index (κ3) is 27.4. The summed E-state index contributed by atoms with van der Waals surface area (Å²) in [4.78, 5) is 88.1. The van der Waals surface area contributed by atoms with Crippen molar-refractivity contribution in [3.63, 3.8) is 0 Å². The van der Waals surface area contributed by atoms with Gasteiger partial charge >= 0.3 is 24.2 Å². The number of halogens is 6. The zero-order valence-electron chi connectivity index (χ0n) is 52.5. The Kier molecular flexibility index (Phi) is 32.7. The molecule has 0 saturated carbocycles. The van der Waals surface area contributed by atoms with Crippen LogP contribution in [0.25, 0.3) is 12.2 Å². The van der Waals surface area contributed by atoms with Crippen LogP contribution in [-0.4, -0.2) is 91.0 Å². The number of Topliss-reactive ketones (excluding diaryl/α,β-unsaturated/α-hetero) is 2. The number of cyclic esters (lactones) is 1.